The minimum absolute atomic E-state index is 0.357. The SMILES string of the molecule is O=c1oc2ccccc2cc1-c1coc2c1ccc1ccccc12. The molecule has 0 bridgehead atoms. The first-order valence-corrected chi connectivity index (χ1v) is 7.73. The van der Waals surface area contributed by atoms with Crippen LogP contribution in [0, 0.1) is 0 Å². The van der Waals surface area contributed by atoms with Crippen LogP contribution in [0.1, 0.15) is 0 Å². The van der Waals surface area contributed by atoms with Gasteiger partial charge in [0.05, 0.1) is 11.8 Å². The van der Waals surface area contributed by atoms with Crippen LogP contribution >= 0.6 is 0 Å². The molecule has 24 heavy (non-hydrogen) atoms. The van der Waals surface area contributed by atoms with Crippen molar-refractivity contribution in [1.82, 2.24) is 0 Å². The Morgan fingerprint density at radius 3 is 2.42 bits per heavy atom. The fraction of sp³-hybridized carbons (Fsp3) is 0. The summed E-state index contributed by atoms with van der Waals surface area (Å²) < 4.78 is 11.3. The summed E-state index contributed by atoms with van der Waals surface area (Å²) in [7, 11) is 0. The highest BCUT2D eigenvalue weighted by atomic mass is 16.4. The van der Waals surface area contributed by atoms with Gasteiger partial charge in [-0.3, -0.25) is 0 Å². The van der Waals surface area contributed by atoms with Gasteiger partial charge >= 0.3 is 5.63 Å². The van der Waals surface area contributed by atoms with Gasteiger partial charge in [-0.1, -0.05) is 48.5 Å². The largest absolute Gasteiger partial charge is 0.463 e. The van der Waals surface area contributed by atoms with Gasteiger partial charge in [0.1, 0.15) is 11.2 Å². The Hall–Kier alpha value is -3.33. The summed E-state index contributed by atoms with van der Waals surface area (Å²) in [4.78, 5) is 12.4. The van der Waals surface area contributed by atoms with Gasteiger partial charge in [-0.05, 0) is 23.6 Å². The molecule has 3 aromatic carbocycles. The van der Waals surface area contributed by atoms with Crippen LogP contribution in [0.2, 0.25) is 0 Å². The zero-order valence-corrected chi connectivity index (χ0v) is 12.7. The standard InChI is InChI=1S/C21H12O3/c22-21-17(11-14-6-2-4-8-19(14)24-21)18-12-23-20-15-7-3-1-5-13(15)9-10-16(18)20/h1-12H. The fourth-order valence-electron chi connectivity index (χ4n) is 3.22. The normalized spacial score (nSPS) is 11.5. The number of hydrogen-bond donors (Lipinski definition) is 0. The van der Waals surface area contributed by atoms with Gasteiger partial charge in [-0.2, -0.15) is 0 Å². The zero-order chi connectivity index (χ0) is 16.1. The highest BCUT2D eigenvalue weighted by Crippen LogP contribution is 2.34. The molecular formula is C21H12O3. The summed E-state index contributed by atoms with van der Waals surface area (Å²) in [5.41, 5.74) is 2.29. The smallest absolute Gasteiger partial charge is 0.344 e. The first kappa shape index (κ1) is 13.1. The number of fused-ring (bicyclic) bond motifs is 4. The molecule has 5 aromatic rings. The number of furan rings is 1. The van der Waals surface area contributed by atoms with Crippen LogP contribution in [0.25, 0.3) is 43.8 Å². The molecule has 3 heteroatoms. The van der Waals surface area contributed by atoms with Crippen LogP contribution in [-0.4, -0.2) is 0 Å². The Morgan fingerprint density at radius 1 is 0.708 bits per heavy atom. The summed E-state index contributed by atoms with van der Waals surface area (Å²) in [6, 6.07) is 21.4. The van der Waals surface area contributed by atoms with Gasteiger partial charge in [0.15, 0.2) is 0 Å². The fourth-order valence-corrected chi connectivity index (χ4v) is 3.22. The molecule has 0 amide bonds. The minimum Gasteiger partial charge on any atom is -0.463 e. The van der Waals surface area contributed by atoms with Crippen molar-refractivity contribution in [3.8, 4) is 11.1 Å². The summed E-state index contributed by atoms with van der Waals surface area (Å²) >= 11 is 0. The molecule has 0 saturated carbocycles. The van der Waals surface area contributed by atoms with Crippen molar-refractivity contribution in [2.75, 3.05) is 0 Å². The van der Waals surface area contributed by atoms with E-state index in [1.54, 1.807) is 12.3 Å². The third kappa shape index (κ3) is 1.82. The Morgan fingerprint density at radius 2 is 1.50 bits per heavy atom. The van der Waals surface area contributed by atoms with Gasteiger partial charge in [0, 0.05) is 21.7 Å². The van der Waals surface area contributed by atoms with E-state index in [0.717, 1.165) is 32.7 Å². The molecule has 3 nitrogen and oxygen atoms in total. The molecule has 0 aliphatic rings. The third-order valence-electron chi connectivity index (χ3n) is 4.40. The maximum atomic E-state index is 12.4. The lowest BCUT2D eigenvalue weighted by atomic mass is 10.0. The molecular weight excluding hydrogens is 300 g/mol. The first-order valence-electron chi connectivity index (χ1n) is 7.73. The molecule has 0 aliphatic heterocycles. The molecule has 0 N–H and O–H groups in total. The second-order valence-electron chi connectivity index (χ2n) is 5.80. The molecule has 0 spiro atoms. The van der Waals surface area contributed by atoms with Crippen molar-refractivity contribution in [1.29, 1.82) is 0 Å². The zero-order valence-electron chi connectivity index (χ0n) is 12.7. The molecule has 0 atom stereocenters. The quantitative estimate of drug-likeness (QED) is 0.391. The van der Waals surface area contributed by atoms with Crippen LogP contribution in [0.5, 0.6) is 0 Å². The summed E-state index contributed by atoms with van der Waals surface area (Å²) in [6.07, 6.45) is 1.64. The highest BCUT2D eigenvalue weighted by molar-refractivity contribution is 6.09. The van der Waals surface area contributed by atoms with Crippen LogP contribution in [0.3, 0.4) is 0 Å². The molecule has 114 valence electrons. The lowest BCUT2D eigenvalue weighted by Gasteiger charge is -2.01. The molecule has 0 aliphatic carbocycles. The molecule has 2 heterocycles. The van der Waals surface area contributed by atoms with Gasteiger partial charge in [-0.25, -0.2) is 4.79 Å². The Labute approximate surface area is 136 Å². The molecule has 2 aromatic heterocycles. The third-order valence-corrected chi connectivity index (χ3v) is 4.40. The Balaban J connectivity index is 1.85. The number of benzene rings is 3. The van der Waals surface area contributed by atoms with E-state index in [0.29, 0.717) is 11.1 Å². The second kappa shape index (κ2) is 4.83. The van der Waals surface area contributed by atoms with Crippen molar-refractivity contribution >= 4 is 32.7 Å². The van der Waals surface area contributed by atoms with Crippen LogP contribution in [-0.2, 0) is 0 Å². The summed E-state index contributed by atoms with van der Waals surface area (Å²) in [5.74, 6) is 0. The van der Waals surface area contributed by atoms with Crippen LogP contribution in [0.4, 0.5) is 0 Å². The van der Waals surface area contributed by atoms with Gasteiger partial charge in [0.25, 0.3) is 0 Å². The second-order valence-corrected chi connectivity index (χ2v) is 5.80. The van der Waals surface area contributed by atoms with Crippen LogP contribution < -0.4 is 5.63 Å². The monoisotopic (exact) mass is 312 g/mol. The molecule has 0 unspecified atom stereocenters. The van der Waals surface area contributed by atoms with Gasteiger partial charge < -0.3 is 8.83 Å². The van der Waals surface area contributed by atoms with Crippen molar-refractivity contribution in [3.05, 3.63) is 83.4 Å². The Bertz CT molecular complexity index is 1270. The number of para-hydroxylation sites is 1. The maximum absolute atomic E-state index is 12.4. The molecule has 0 fully saturated rings. The minimum atomic E-state index is -0.357. The predicted octanol–water partition coefficient (Wildman–Crippen LogP) is 5.36. The highest BCUT2D eigenvalue weighted by Gasteiger charge is 2.15. The summed E-state index contributed by atoms with van der Waals surface area (Å²) in [5, 5.41) is 3.95. The van der Waals surface area contributed by atoms with E-state index in [4.69, 9.17) is 8.83 Å². The lowest BCUT2D eigenvalue weighted by molar-refractivity contribution is 0.563. The molecule has 0 saturated heterocycles. The van der Waals surface area contributed by atoms with Crippen molar-refractivity contribution in [3.63, 3.8) is 0 Å². The first-order chi connectivity index (χ1) is 11.8. The van der Waals surface area contributed by atoms with E-state index in [-0.39, 0.29) is 5.63 Å². The maximum Gasteiger partial charge on any atom is 0.344 e. The van der Waals surface area contributed by atoms with Crippen molar-refractivity contribution in [2.45, 2.75) is 0 Å². The topological polar surface area (TPSA) is 43.4 Å². The average Bonchev–Trinajstić information content (AvgIpc) is 3.05. The average molecular weight is 312 g/mol. The van der Waals surface area contributed by atoms with Crippen LogP contribution in [0.15, 0.2) is 86.6 Å². The van der Waals surface area contributed by atoms with E-state index < -0.39 is 0 Å². The Kier molecular flexibility index (Phi) is 2.65. The van der Waals surface area contributed by atoms with E-state index in [1.165, 1.54) is 0 Å². The number of hydrogen-bond acceptors (Lipinski definition) is 3. The van der Waals surface area contributed by atoms with E-state index >= 15 is 0 Å². The van der Waals surface area contributed by atoms with Crippen molar-refractivity contribution in [2.24, 2.45) is 0 Å². The summed E-state index contributed by atoms with van der Waals surface area (Å²) in [6.45, 7) is 0. The lowest BCUT2D eigenvalue weighted by Crippen LogP contribution is -2.02. The van der Waals surface area contributed by atoms with E-state index in [9.17, 15) is 4.79 Å². The van der Waals surface area contributed by atoms with Gasteiger partial charge in [-0.15, -0.1) is 0 Å². The van der Waals surface area contributed by atoms with E-state index in [1.807, 2.05) is 60.7 Å². The molecule has 5 rings (SSSR count). The van der Waals surface area contributed by atoms with Crippen molar-refractivity contribution < 1.29 is 8.83 Å². The number of rotatable bonds is 1. The molecule has 0 radical (unpaired) electrons. The van der Waals surface area contributed by atoms with E-state index in [2.05, 4.69) is 0 Å². The van der Waals surface area contributed by atoms with Gasteiger partial charge in [0.2, 0.25) is 0 Å². The predicted molar refractivity (Wildman–Crippen MR) is 95.2 cm³/mol.